The number of benzene rings is 2. The Hall–Kier alpha value is -2.54. The van der Waals surface area contributed by atoms with Gasteiger partial charge in [0.2, 0.25) is 0 Å². The number of piperidine rings is 1. The fourth-order valence-electron chi connectivity index (χ4n) is 4.74. The monoisotopic (exact) mass is 458 g/mol. The molecule has 2 N–H and O–H groups in total. The van der Waals surface area contributed by atoms with Gasteiger partial charge in [0.1, 0.15) is 5.75 Å². The van der Waals surface area contributed by atoms with Gasteiger partial charge in [-0.3, -0.25) is 4.90 Å². The van der Waals surface area contributed by atoms with Crippen molar-refractivity contribution in [2.75, 3.05) is 20.3 Å². The molecule has 1 aliphatic heterocycles. The molecule has 1 saturated heterocycles. The maximum absolute atomic E-state index is 11.3. The number of likely N-dealkylation sites (tertiary alicyclic amines) is 1. The summed E-state index contributed by atoms with van der Waals surface area (Å²) in [4.78, 5) is 17.1. The Balaban J connectivity index is 0.00000289. The lowest BCUT2D eigenvalue weighted by Gasteiger charge is -2.40. The molecule has 2 heterocycles. The van der Waals surface area contributed by atoms with E-state index in [1.165, 1.54) is 10.9 Å². The largest absolute Gasteiger partial charge is 0.496 e. The Morgan fingerprint density at radius 3 is 2.66 bits per heavy atom. The van der Waals surface area contributed by atoms with Crippen LogP contribution in [0.25, 0.3) is 10.9 Å². The highest BCUT2D eigenvalue weighted by Crippen LogP contribution is 2.37. The summed E-state index contributed by atoms with van der Waals surface area (Å²) in [5.74, 6) is -0.00464. The molecule has 0 radical (unpaired) electrons. The highest BCUT2D eigenvalue weighted by Gasteiger charge is 2.31. The van der Waals surface area contributed by atoms with Gasteiger partial charge >= 0.3 is 5.97 Å². The first-order chi connectivity index (χ1) is 15.0. The number of rotatable bonds is 7. The van der Waals surface area contributed by atoms with Crippen LogP contribution in [0.2, 0.25) is 0 Å². The van der Waals surface area contributed by atoms with E-state index in [0.717, 1.165) is 48.3 Å². The number of hydrogen-bond acceptors (Lipinski definition) is 4. The molecule has 1 fully saturated rings. The number of carboxylic acids is 1. The summed E-state index contributed by atoms with van der Waals surface area (Å²) >= 11 is 0. The van der Waals surface area contributed by atoms with Crippen LogP contribution in [0.5, 0.6) is 5.75 Å². The summed E-state index contributed by atoms with van der Waals surface area (Å²) in [6.07, 6.45) is 4.04. The standard InChI is InChI=1S/C25H30N2O4.ClH/c1-4-31-19-10-12-27(22(14-19)17-5-7-18(8-6-17)25(28)29)15-21-20-9-11-26-24(20)16(2)13-23(21)30-3;/h5-9,11,13,19,22,26H,4,10,12,14-15H2,1-3H3,(H,28,29);1H/t19-,22-;/m0./s1. The second-order valence-corrected chi connectivity index (χ2v) is 8.16. The molecule has 2 aromatic carbocycles. The van der Waals surface area contributed by atoms with Gasteiger partial charge in [-0.25, -0.2) is 4.79 Å². The van der Waals surface area contributed by atoms with Crippen LogP contribution in [0.3, 0.4) is 0 Å². The maximum Gasteiger partial charge on any atom is 0.335 e. The smallest absolute Gasteiger partial charge is 0.335 e. The van der Waals surface area contributed by atoms with E-state index < -0.39 is 5.97 Å². The van der Waals surface area contributed by atoms with E-state index in [2.05, 4.69) is 28.9 Å². The topological polar surface area (TPSA) is 74.8 Å². The third-order valence-electron chi connectivity index (χ3n) is 6.30. The Morgan fingerprint density at radius 1 is 1.25 bits per heavy atom. The third kappa shape index (κ3) is 4.77. The number of fused-ring (bicyclic) bond motifs is 1. The minimum Gasteiger partial charge on any atom is -0.496 e. The average molecular weight is 459 g/mol. The van der Waals surface area contributed by atoms with E-state index >= 15 is 0 Å². The SMILES string of the molecule is CCO[C@H]1CCN(Cc2c(OC)cc(C)c3[nH]ccc23)[C@H](c2ccc(C(=O)O)cc2)C1.Cl. The number of carbonyl (C=O) groups is 1. The number of carboxylic acid groups (broad SMARTS) is 1. The molecule has 32 heavy (non-hydrogen) atoms. The minimum absolute atomic E-state index is 0. The molecule has 0 aliphatic carbocycles. The molecule has 1 aromatic heterocycles. The normalized spacial score (nSPS) is 19.0. The van der Waals surface area contributed by atoms with Crippen LogP contribution >= 0.6 is 12.4 Å². The number of halogens is 1. The van der Waals surface area contributed by atoms with E-state index in [4.69, 9.17) is 9.47 Å². The van der Waals surface area contributed by atoms with Crippen LogP contribution < -0.4 is 4.74 Å². The zero-order valence-electron chi connectivity index (χ0n) is 18.8. The summed E-state index contributed by atoms with van der Waals surface area (Å²) in [5, 5.41) is 10.4. The van der Waals surface area contributed by atoms with Crippen LogP contribution in [-0.4, -0.2) is 47.3 Å². The molecular weight excluding hydrogens is 428 g/mol. The first-order valence-corrected chi connectivity index (χ1v) is 10.8. The summed E-state index contributed by atoms with van der Waals surface area (Å²) in [5.41, 5.74) is 4.90. The van der Waals surface area contributed by atoms with Crippen LogP contribution in [0, 0.1) is 6.92 Å². The van der Waals surface area contributed by atoms with Crippen molar-refractivity contribution in [3.05, 3.63) is 64.8 Å². The highest BCUT2D eigenvalue weighted by molar-refractivity contribution is 5.88. The number of nitrogens with one attached hydrogen (secondary N) is 1. The molecule has 1 aliphatic rings. The van der Waals surface area contributed by atoms with Gasteiger partial charge in [0.25, 0.3) is 0 Å². The molecule has 3 aromatic rings. The number of methoxy groups -OCH3 is 1. The molecule has 0 unspecified atom stereocenters. The van der Waals surface area contributed by atoms with Crippen LogP contribution in [0.1, 0.15) is 52.9 Å². The number of aromatic nitrogens is 1. The Bertz CT molecular complexity index is 1060. The van der Waals surface area contributed by atoms with Gasteiger partial charge in [-0.05, 0) is 62.1 Å². The number of H-pyrrole nitrogens is 1. The van der Waals surface area contributed by atoms with E-state index in [1.807, 2.05) is 25.3 Å². The van der Waals surface area contributed by atoms with Gasteiger partial charge in [0.15, 0.2) is 0 Å². The molecule has 0 amide bonds. The van der Waals surface area contributed by atoms with Gasteiger partial charge in [-0.15, -0.1) is 12.4 Å². The van der Waals surface area contributed by atoms with Gasteiger partial charge in [-0.2, -0.15) is 0 Å². The molecule has 0 saturated carbocycles. The van der Waals surface area contributed by atoms with Crippen molar-refractivity contribution >= 4 is 29.3 Å². The number of hydrogen-bond donors (Lipinski definition) is 2. The third-order valence-corrected chi connectivity index (χ3v) is 6.30. The van der Waals surface area contributed by atoms with Crippen molar-refractivity contribution in [1.29, 1.82) is 0 Å². The quantitative estimate of drug-likeness (QED) is 0.499. The number of nitrogens with zero attached hydrogens (tertiary/aromatic N) is 1. The predicted molar refractivity (Wildman–Crippen MR) is 128 cm³/mol. The molecule has 4 rings (SSSR count). The zero-order valence-corrected chi connectivity index (χ0v) is 19.6. The second-order valence-electron chi connectivity index (χ2n) is 8.16. The van der Waals surface area contributed by atoms with E-state index in [-0.39, 0.29) is 24.6 Å². The summed E-state index contributed by atoms with van der Waals surface area (Å²) in [7, 11) is 1.72. The van der Waals surface area contributed by atoms with Crippen LogP contribution in [-0.2, 0) is 11.3 Å². The molecule has 2 atom stereocenters. The minimum atomic E-state index is -0.904. The van der Waals surface area contributed by atoms with Crippen molar-refractivity contribution in [1.82, 2.24) is 9.88 Å². The molecular formula is C25H31ClN2O4. The van der Waals surface area contributed by atoms with Gasteiger partial charge < -0.3 is 19.6 Å². The van der Waals surface area contributed by atoms with Crippen LogP contribution in [0.15, 0.2) is 42.6 Å². The average Bonchev–Trinajstić information content (AvgIpc) is 3.27. The number of aryl methyl sites for hydroxylation is 1. The second kappa shape index (κ2) is 10.4. The van der Waals surface area contributed by atoms with Crippen molar-refractivity contribution in [3.63, 3.8) is 0 Å². The molecule has 172 valence electrons. The highest BCUT2D eigenvalue weighted by atomic mass is 35.5. The lowest BCUT2D eigenvalue weighted by molar-refractivity contribution is -0.0138. The lowest BCUT2D eigenvalue weighted by Crippen LogP contribution is -2.39. The first kappa shape index (κ1) is 24.1. The summed E-state index contributed by atoms with van der Waals surface area (Å²) in [6, 6.07) is 11.6. The fourth-order valence-corrected chi connectivity index (χ4v) is 4.74. The molecule has 0 bridgehead atoms. The van der Waals surface area contributed by atoms with Gasteiger partial charge in [0, 0.05) is 48.4 Å². The fraction of sp³-hybridized carbons (Fsp3) is 0.400. The van der Waals surface area contributed by atoms with Gasteiger partial charge in [0.05, 0.1) is 18.8 Å². The van der Waals surface area contributed by atoms with Gasteiger partial charge in [-0.1, -0.05) is 12.1 Å². The van der Waals surface area contributed by atoms with E-state index in [1.54, 1.807) is 19.2 Å². The Kier molecular flexibility index (Phi) is 7.82. The number of aromatic amines is 1. The van der Waals surface area contributed by atoms with Crippen molar-refractivity contribution in [2.45, 2.75) is 45.4 Å². The number of ether oxygens (including phenoxy) is 2. The first-order valence-electron chi connectivity index (χ1n) is 10.8. The van der Waals surface area contributed by atoms with Crippen molar-refractivity contribution in [3.8, 4) is 5.75 Å². The molecule has 6 nitrogen and oxygen atoms in total. The van der Waals surface area contributed by atoms with E-state index in [0.29, 0.717) is 12.2 Å². The summed E-state index contributed by atoms with van der Waals surface area (Å²) < 4.78 is 11.7. The summed E-state index contributed by atoms with van der Waals surface area (Å²) in [6.45, 7) is 6.47. The van der Waals surface area contributed by atoms with E-state index in [9.17, 15) is 9.90 Å². The van der Waals surface area contributed by atoms with Crippen molar-refractivity contribution < 1.29 is 19.4 Å². The maximum atomic E-state index is 11.3. The molecule has 7 heteroatoms. The Labute approximate surface area is 194 Å². The Morgan fingerprint density at radius 2 is 2.00 bits per heavy atom. The zero-order chi connectivity index (χ0) is 22.0. The number of aromatic carboxylic acids is 1. The lowest BCUT2D eigenvalue weighted by atomic mass is 9.91. The molecule has 0 spiro atoms. The van der Waals surface area contributed by atoms with Crippen molar-refractivity contribution in [2.24, 2.45) is 0 Å². The predicted octanol–water partition coefficient (Wildman–Crippen LogP) is 5.35. The van der Waals surface area contributed by atoms with Crippen LogP contribution in [0.4, 0.5) is 0 Å².